The quantitative estimate of drug-likeness (QED) is 0.744. The summed E-state index contributed by atoms with van der Waals surface area (Å²) >= 11 is 0. The Hall–Kier alpha value is -3.03. The van der Waals surface area contributed by atoms with Crippen LogP contribution in [0.3, 0.4) is 0 Å². The molecule has 0 aliphatic rings. The summed E-state index contributed by atoms with van der Waals surface area (Å²) < 4.78 is 10.4. The van der Waals surface area contributed by atoms with Crippen molar-refractivity contribution in [1.82, 2.24) is 14.5 Å². The lowest BCUT2D eigenvalue weighted by Crippen LogP contribution is -2.26. The average molecular weight is 289 g/mol. The first-order valence-corrected chi connectivity index (χ1v) is 5.77. The van der Waals surface area contributed by atoms with Gasteiger partial charge in [-0.15, -0.1) is 0 Å². The van der Waals surface area contributed by atoms with Gasteiger partial charge in [0.25, 0.3) is 0 Å². The molecule has 0 spiro atoms. The van der Waals surface area contributed by atoms with Gasteiger partial charge in [-0.05, 0) is 0 Å². The van der Waals surface area contributed by atoms with Crippen LogP contribution in [-0.2, 0) is 9.47 Å². The van der Waals surface area contributed by atoms with Gasteiger partial charge in [0, 0.05) is 24.8 Å². The Labute approximate surface area is 119 Å². The van der Waals surface area contributed by atoms with Crippen LogP contribution in [0.2, 0.25) is 0 Å². The zero-order valence-corrected chi connectivity index (χ0v) is 11.3. The topological polar surface area (TPSA) is 100 Å². The minimum absolute atomic E-state index is 0.300. The Morgan fingerprint density at radius 2 is 1.62 bits per heavy atom. The van der Waals surface area contributed by atoms with Crippen LogP contribution >= 0.6 is 0 Å². The lowest BCUT2D eigenvalue weighted by atomic mass is 10.2. The number of methoxy groups -OCH3 is 2. The van der Waals surface area contributed by atoms with Crippen molar-refractivity contribution in [1.29, 1.82) is 0 Å². The van der Waals surface area contributed by atoms with E-state index < -0.39 is 17.4 Å². The van der Waals surface area contributed by atoms with Crippen LogP contribution in [0.4, 0.5) is 0 Å². The minimum atomic E-state index is -0.858. The molecule has 0 saturated heterocycles. The molecule has 0 fully saturated rings. The summed E-state index contributed by atoms with van der Waals surface area (Å²) in [7, 11) is 2.28. The molecular weight excluding hydrogens is 278 g/mol. The third kappa shape index (κ3) is 2.78. The van der Waals surface area contributed by atoms with Gasteiger partial charge >= 0.3 is 11.9 Å². The minimum Gasteiger partial charge on any atom is -0.465 e. The van der Waals surface area contributed by atoms with E-state index in [2.05, 4.69) is 19.4 Å². The van der Waals surface area contributed by atoms with Crippen molar-refractivity contribution in [2.45, 2.75) is 0 Å². The van der Waals surface area contributed by atoms with E-state index >= 15 is 0 Å². The molecular formula is C13H11N3O5. The van der Waals surface area contributed by atoms with Gasteiger partial charge < -0.3 is 14.0 Å². The summed E-state index contributed by atoms with van der Waals surface area (Å²) in [5.74, 6) is -1.39. The molecule has 2 aromatic rings. The van der Waals surface area contributed by atoms with Gasteiger partial charge in [-0.2, -0.15) is 0 Å². The summed E-state index contributed by atoms with van der Waals surface area (Å²) in [6.45, 7) is 0. The van der Waals surface area contributed by atoms with Crippen LogP contribution in [0, 0.1) is 0 Å². The predicted octanol–water partition coefficient (Wildman–Crippen LogP) is 0.201. The van der Waals surface area contributed by atoms with Gasteiger partial charge in [-0.25, -0.2) is 14.6 Å². The number of nitrogens with zero attached hydrogens (tertiary/aromatic N) is 3. The van der Waals surface area contributed by atoms with Crippen LogP contribution in [-0.4, -0.2) is 40.7 Å². The van der Waals surface area contributed by atoms with E-state index in [4.69, 9.17) is 0 Å². The second kappa shape index (κ2) is 5.95. The Balaban J connectivity index is 2.71. The molecule has 0 aliphatic heterocycles. The first-order valence-electron chi connectivity index (χ1n) is 5.77. The highest BCUT2D eigenvalue weighted by atomic mass is 16.5. The summed E-state index contributed by atoms with van der Waals surface area (Å²) in [5.41, 5.74) is -1.37. The molecule has 21 heavy (non-hydrogen) atoms. The van der Waals surface area contributed by atoms with E-state index in [1.165, 1.54) is 35.6 Å². The number of esters is 2. The third-order valence-electron chi connectivity index (χ3n) is 2.65. The summed E-state index contributed by atoms with van der Waals surface area (Å²) in [6, 6.07) is 0. The van der Waals surface area contributed by atoms with Gasteiger partial charge in [0.15, 0.2) is 5.82 Å². The SMILES string of the molecule is COC(=O)c1cn(-c2cnccn2)cc(C(=O)OC)c1=O. The standard InChI is InChI=1S/C13H11N3O5/c1-20-12(18)8-6-16(10-5-14-3-4-15-10)7-9(11(8)17)13(19)21-2/h3-7H,1-2H3. The number of carbonyl (C=O) groups excluding carboxylic acids is 2. The van der Waals surface area contributed by atoms with Crippen molar-refractivity contribution in [2.75, 3.05) is 14.2 Å². The Bertz CT molecular complexity index is 699. The van der Waals surface area contributed by atoms with E-state index in [1.807, 2.05) is 0 Å². The van der Waals surface area contributed by atoms with Gasteiger partial charge in [0.05, 0.1) is 20.4 Å². The zero-order chi connectivity index (χ0) is 15.4. The van der Waals surface area contributed by atoms with Crippen LogP contribution in [0.1, 0.15) is 20.7 Å². The third-order valence-corrected chi connectivity index (χ3v) is 2.65. The number of hydrogen-bond donors (Lipinski definition) is 0. The fraction of sp³-hybridized carbons (Fsp3) is 0.154. The highest BCUT2D eigenvalue weighted by Gasteiger charge is 2.20. The molecule has 0 radical (unpaired) electrons. The summed E-state index contributed by atoms with van der Waals surface area (Å²) in [4.78, 5) is 43.3. The zero-order valence-electron chi connectivity index (χ0n) is 11.3. The molecule has 0 unspecified atom stereocenters. The van der Waals surface area contributed by atoms with E-state index in [1.54, 1.807) is 0 Å². The monoisotopic (exact) mass is 289 g/mol. The molecule has 0 aromatic carbocycles. The number of ether oxygens (including phenoxy) is 2. The largest absolute Gasteiger partial charge is 0.465 e. The van der Waals surface area contributed by atoms with E-state index in [-0.39, 0.29) is 11.1 Å². The normalized spacial score (nSPS) is 10.0. The fourth-order valence-electron chi connectivity index (χ4n) is 1.65. The highest BCUT2D eigenvalue weighted by Crippen LogP contribution is 2.07. The Kier molecular flexibility index (Phi) is 4.07. The van der Waals surface area contributed by atoms with Crippen molar-refractivity contribution >= 4 is 11.9 Å². The van der Waals surface area contributed by atoms with Gasteiger partial charge in [-0.1, -0.05) is 0 Å². The molecule has 0 aliphatic carbocycles. The first kappa shape index (κ1) is 14.4. The van der Waals surface area contributed by atoms with Gasteiger partial charge in [-0.3, -0.25) is 9.78 Å². The molecule has 2 heterocycles. The fourth-order valence-corrected chi connectivity index (χ4v) is 1.65. The van der Waals surface area contributed by atoms with Crippen LogP contribution in [0.25, 0.3) is 5.82 Å². The van der Waals surface area contributed by atoms with Crippen molar-refractivity contribution < 1.29 is 19.1 Å². The van der Waals surface area contributed by atoms with Crippen molar-refractivity contribution in [3.63, 3.8) is 0 Å². The number of carbonyl (C=O) groups is 2. The number of hydrogen-bond acceptors (Lipinski definition) is 7. The van der Waals surface area contributed by atoms with Gasteiger partial charge in [0.1, 0.15) is 11.1 Å². The highest BCUT2D eigenvalue weighted by molar-refractivity contribution is 5.94. The number of aromatic nitrogens is 3. The van der Waals surface area contributed by atoms with Gasteiger partial charge in [0.2, 0.25) is 5.43 Å². The maximum Gasteiger partial charge on any atom is 0.343 e. The van der Waals surface area contributed by atoms with Crippen LogP contribution < -0.4 is 5.43 Å². The Morgan fingerprint density at radius 3 is 2.05 bits per heavy atom. The second-order valence-electron chi connectivity index (χ2n) is 3.87. The maximum absolute atomic E-state index is 12.1. The van der Waals surface area contributed by atoms with E-state index in [0.717, 1.165) is 14.2 Å². The molecule has 2 aromatic heterocycles. The molecule has 108 valence electrons. The predicted molar refractivity (Wildman–Crippen MR) is 70.3 cm³/mol. The molecule has 0 bridgehead atoms. The number of pyridine rings is 1. The molecule has 2 rings (SSSR count). The van der Waals surface area contributed by atoms with Crippen molar-refractivity contribution in [3.05, 3.63) is 52.3 Å². The molecule has 0 saturated carbocycles. The lowest BCUT2D eigenvalue weighted by molar-refractivity contribution is 0.0595. The smallest absolute Gasteiger partial charge is 0.343 e. The van der Waals surface area contributed by atoms with Crippen molar-refractivity contribution in [3.8, 4) is 5.82 Å². The lowest BCUT2D eigenvalue weighted by Gasteiger charge is -2.09. The summed E-state index contributed by atoms with van der Waals surface area (Å²) in [5, 5.41) is 0. The molecule has 0 amide bonds. The average Bonchev–Trinajstić information content (AvgIpc) is 2.54. The first-order chi connectivity index (χ1) is 10.1. The Morgan fingerprint density at radius 1 is 1.05 bits per heavy atom. The van der Waals surface area contributed by atoms with Crippen molar-refractivity contribution in [2.24, 2.45) is 0 Å². The van der Waals surface area contributed by atoms with E-state index in [9.17, 15) is 14.4 Å². The summed E-state index contributed by atoms with van der Waals surface area (Å²) in [6.07, 6.45) is 6.76. The molecule has 0 N–H and O–H groups in total. The number of rotatable bonds is 3. The molecule has 8 nitrogen and oxygen atoms in total. The maximum atomic E-state index is 12.1. The van der Waals surface area contributed by atoms with E-state index in [0.29, 0.717) is 5.82 Å². The molecule has 0 atom stereocenters. The molecule has 8 heteroatoms. The van der Waals surface area contributed by atoms with Crippen LogP contribution in [0.15, 0.2) is 35.8 Å². The second-order valence-corrected chi connectivity index (χ2v) is 3.87. The van der Waals surface area contributed by atoms with Crippen LogP contribution in [0.5, 0.6) is 0 Å².